The van der Waals surface area contributed by atoms with Gasteiger partial charge in [0.05, 0.1) is 9.95 Å². The Morgan fingerprint density at radius 3 is 2.83 bits per heavy atom. The first-order chi connectivity index (χ1) is 8.54. The van der Waals surface area contributed by atoms with Crippen LogP contribution in [0.25, 0.3) is 0 Å². The number of nitrogens with two attached hydrogens (primary N) is 1. The van der Waals surface area contributed by atoms with E-state index in [1.807, 2.05) is 0 Å². The maximum Gasteiger partial charge on any atom is 0.294 e. The molecule has 1 fully saturated rings. The molecule has 2 N–H and O–H groups in total. The van der Waals surface area contributed by atoms with Gasteiger partial charge >= 0.3 is 0 Å². The highest BCUT2D eigenvalue weighted by Gasteiger charge is 2.34. The molecule has 0 aliphatic carbocycles. The van der Waals surface area contributed by atoms with Crippen LogP contribution in [0.4, 0.5) is 11.4 Å². The van der Waals surface area contributed by atoms with E-state index in [4.69, 9.17) is 17.3 Å². The van der Waals surface area contributed by atoms with Gasteiger partial charge in [0.25, 0.3) is 5.69 Å². The first-order valence-corrected chi connectivity index (χ1v) is 5.85. The molecule has 2 rings (SSSR count). The molecule has 1 saturated heterocycles. The summed E-state index contributed by atoms with van der Waals surface area (Å²) in [5.41, 5.74) is 5.54. The fourth-order valence-electron chi connectivity index (χ4n) is 2.07. The zero-order chi connectivity index (χ0) is 13.3. The Labute approximate surface area is 108 Å². The van der Waals surface area contributed by atoms with Crippen molar-refractivity contribution in [2.24, 2.45) is 11.7 Å². The summed E-state index contributed by atoms with van der Waals surface area (Å²) in [5.74, 6) is -0.157. The maximum atomic E-state index is 11.9. The van der Waals surface area contributed by atoms with E-state index < -0.39 is 4.92 Å². The number of rotatable bonds is 3. The third-order valence-electron chi connectivity index (χ3n) is 2.97. The van der Waals surface area contributed by atoms with Gasteiger partial charge in [-0.25, -0.2) is 0 Å². The minimum absolute atomic E-state index is 0.0216. The molecular formula is C11H12ClN3O3. The van der Waals surface area contributed by atoms with Crippen molar-refractivity contribution in [3.63, 3.8) is 0 Å². The smallest absolute Gasteiger partial charge is 0.294 e. The number of hydrogen-bond donors (Lipinski definition) is 1. The van der Waals surface area contributed by atoms with Crippen molar-refractivity contribution >= 4 is 28.9 Å². The van der Waals surface area contributed by atoms with E-state index in [2.05, 4.69) is 0 Å². The number of nitro benzene ring substituents is 1. The van der Waals surface area contributed by atoms with E-state index in [9.17, 15) is 14.9 Å². The highest BCUT2D eigenvalue weighted by molar-refractivity contribution is 6.34. The highest BCUT2D eigenvalue weighted by Crippen LogP contribution is 2.38. The van der Waals surface area contributed by atoms with Gasteiger partial charge in [-0.1, -0.05) is 17.7 Å². The lowest BCUT2D eigenvalue weighted by Gasteiger charge is -2.17. The number of para-hydroxylation sites is 1. The van der Waals surface area contributed by atoms with Crippen LogP contribution in [-0.2, 0) is 4.79 Å². The number of halogens is 1. The Kier molecular flexibility index (Phi) is 3.49. The van der Waals surface area contributed by atoms with E-state index in [1.165, 1.54) is 23.1 Å². The van der Waals surface area contributed by atoms with Crippen molar-refractivity contribution in [2.75, 3.05) is 18.0 Å². The second kappa shape index (κ2) is 4.91. The summed E-state index contributed by atoms with van der Waals surface area (Å²) in [6, 6.07) is 4.36. The van der Waals surface area contributed by atoms with Crippen molar-refractivity contribution in [3.8, 4) is 0 Å². The summed E-state index contributed by atoms with van der Waals surface area (Å²) in [5, 5.41) is 11.2. The standard InChI is InChI=1S/C11H12ClN3O3/c12-8-2-1-3-9(15(17)18)11(8)14-6-7(5-13)4-10(14)16/h1-3,7H,4-6,13H2. The summed E-state index contributed by atoms with van der Waals surface area (Å²) in [7, 11) is 0. The van der Waals surface area contributed by atoms with E-state index in [-0.39, 0.29) is 28.2 Å². The normalized spacial score (nSPS) is 19.3. The van der Waals surface area contributed by atoms with Crippen molar-refractivity contribution in [1.29, 1.82) is 0 Å². The van der Waals surface area contributed by atoms with Crippen molar-refractivity contribution in [1.82, 2.24) is 0 Å². The predicted molar refractivity (Wildman–Crippen MR) is 67.6 cm³/mol. The molecule has 1 heterocycles. The summed E-state index contributed by atoms with van der Waals surface area (Å²) in [6.45, 7) is 0.750. The minimum Gasteiger partial charge on any atom is -0.330 e. The molecule has 1 unspecified atom stereocenters. The lowest BCUT2D eigenvalue weighted by molar-refractivity contribution is -0.384. The van der Waals surface area contributed by atoms with Crippen LogP contribution in [0.5, 0.6) is 0 Å². The number of hydrogen-bond acceptors (Lipinski definition) is 4. The number of nitro groups is 1. The van der Waals surface area contributed by atoms with Crippen molar-refractivity contribution in [2.45, 2.75) is 6.42 Å². The molecule has 0 spiro atoms. The highest BCUT2D eigenvalue weighted by atomic mass is 35.5. The maximum absolute atomic E-state index is 11.9. The van der Waals surface area contributed by atoms with Crippen molar-refractivity contribution < 1.29 is 9.72 Å². The number of benzene rings is 1. The summed E-state index contributed by atoms with van der Waals surface area (Å²) < 4.78 is 0. The SMILES string of the molecule is NCC1CC(=O)N(c2c(Cl)cccc2[N+](=O)[O-])C1. The zero-order valence-electron chi connectivity index (χ0n) is 9.51. The quantitative estimate of drug-likeness (QED) is 0.666. The van der Waals surface area contributed by atoms with Gasteiger partial charge in [-0.15, -0.1) is 0 Å². The molecule has 1 amide bonds. The minimum atomic E-state index is -0.537. The van der Waals surface area contributed by atoms with Crippen LogP contribution in [0.2, 0.25) is 5.02 Å². The zero-order valence-corrected chi connectivity index (χ0v) is 10.3. The molecule has 0 bridgehead atoms. The second-order valence-corrected chi connectivity index (χ2v) is 4.58. The van der Waals surface area contributed by atoms with Crippen LogP contribution in [0.1, 0.15) is 6.42 Å². The van der Waals surface area contributed by atoms with E-state index in [0.29, 0.717) is 19.5 Å². The van der Waals surface area contributed by atoms with Gasteiger partial charge < -0.3 is 10.6 Å². The van der Waals surface area contributed by atoms with Crippen LogP contribution < -0.4 is 10.6 Å². The topological polar surface area (TPSA) is 89.5 Å². The molecule has 7 heteroatoms. The average Bonchev–Trinajstić information content (AvgIpc) is 2.70. The van der Waals surface area contributed by atoms with Gasteiger partial charge in [0, 0.05) is 19.0 Å². The Hall–Kier alpha value is -1.66. The van der Waals surface area contributed by atoms with Gasteiger partial charge in [-0.3, -0.25) is 14.9 Å². The second-order valence-electron chi connectivity index (χ2n) is 4.17. The fraction of sp³-hybridized carbons (Fsp3) is 0.364. The average molecular weight is 270 g/mol. The number of amides is 1. The van der Waals surface area contributed by atoms with Gasteiger partial charge in [-0.05, 0) is 18.5 Å². The Bertz CT molecular complexity index is 506. The first-order valence-electron chi connectivity index (χ1n) is 5.48. The Morgan fingerprint density at radius 2 is 2.28 bits per heavy atom. The third-order valence-corrected chi connectivity index (χ3v) is 3.28. The van der Waals surface area contributed by atoms with Crippen molar-refractivity contribution in [3.05, 3.63) is 33.3 Å². The lowest BCUT2D eigenvalue weighted by atomic mass is 10.1. The Balaban J connectivity index is 2.45. The molecule has 18 heavy (non-hydrogen) atoms. The van der Waals surface area contributed by atoms with Gasteiger partial charge in [0.15, 0.2) is 0 Å². The molecule has 1 aromatic carbocycles. The molecule has 0 aromatic heterocycles. The molecule has 1 aliphatic heterocycles. The molecule has 6 nitrogen and oxygen atoms in total. The largest absolute Gasteiger partial charge is 0.330 e. The summed E-state index contributed by atoms with van der Waals surface area (Å²) in [4.78, 5) is 23.7. The van der Waals surface area contributed by atoms with E-state index >= 15 is 0 Å². The first kappa shape index (κ1) is 12.8. The molecule has 1 atom stereocenters. The number of nitrogens with zero attached hydrogens (tertiary/aromatic N) is 2. The van der Waals surface area contributed by atoms with E-state index in [0.717, 1.165) is 0 Å². The Morgan fingerprint density at radius 1 is 1.56 bits per heavy atom. The van der Waals surface area contributed by atoms with Gasteiger partial charge in [-0.2, -0.15) is 0 Å². The number of carbonyl (C=O) groups is 1. The fourth-order valence-corrected chi connectivity index (χ4v) is 2.35. The monoisotopic (exact) mass is 269 g/mol. The molecule has 1 aliphatic rings. The molecular weight excluding hydrogens is 258 g/mol. The molecule has 0 radical (unpaired) electrons. The van der Waals surface area contributed by atoms with Crippen LogP contribution in [0.15, 0.2) is 18.2 Å². The molecule has 0 saturated carbocycles. The molecule has 96 valence electrons. The molecule has 1 aromatic rings. The van der Waals surface area contributed by atoms with Crippen LogP contribution in [0.3, 0.4) is 0 Å². The number of carbonyl (C=O) groups excluding carboxylic acids is 1. The number of anilines is 1. The van der Waals surface area contributed by atoms with Gasteiger partial charge in [0.1, 0.15) is 5.69 Å². The van der Waals surface area contributed by atoms with E-state index in [1.54, 1.807) is 0 Å². The summed E-state index contributed by atoms with van der Waals surface area (Å²) >= 11 is 5.98. The van der Waals surface area contributed by atoms with Crippen LogP contribution >= 0.6 is 11.6 Å². The lowest BCUT2D eigenvalue weighted by Crippen LogP contribution is -2.26. The predicted octanol–water partition coefficient (Wildman–Crippen LogP) is 1.56. The third kappa shape index (κ3) is 2.16. The van der Waals surface area contributed by atoms with Gasteiger partial charge in [0.2, 0.25) is 5.91 Å². The van der Waals surface area contributed by atoms with Crippen LogP contribution in [0, 0.1) is 16.0 Å². The summed E-state index contributed by atoms with van der Waals surface area (Å²) in [6.07, 6.45) is 0.304. The van der Waals surface area contributed by atoms with Crippen LogP contribution in [-0.4, -0.2) is 23.9 Å².